The van der Waals surface area contributed by atoms with Gasteiger partial charge in [0.25, 0.3) is 6.43 Å². The molecule has 0 aromatic carbocycles. The molecule has 0 aliphatic rings. The number of alkyl halides is 5. The summed E-state index contributed by atoms with van der Waals surface area (Å²) in [6, 6.07) is 0. The molecule has 9 heteroatoms. The summed E-state index contributed by atoms with van der Waals surface area (Å²) in [5.74, 6) is -4.44. The molecule has 0 fully saturated rings. The summed E-state index contributed by atoms with van der Waals surface area (Å²) in [4.78, 5) is 13.0. The van der Waals surface area contributed by atoms with E-state index in [1.165, 1.54) is 0 Å². The predicted molar refractivity (Wildman–Crippen MR) is 41.1 cm³/mol. The number of hydrogen-bond acceptors (Lipinski definition) is 2. The zero-order chi connectivity index (χ0) is 13.4. The number of nitrogens with zero attached hydrogens (tertiary/aromatic N) is 1. The van der Waals surface area contributed by atoms with Gasteiger partial charge in [0.1, 0.15) is 11.4 Å². The highest BCUT2D eigenvalue weighted by atomic mass is 19.4. The van der Waals surface area contributed by atoms with Crippen molar-refractivity contribution >= 4 is 5.97 Å². The van der Waals surface area contributed by atoms with Gasteiger partial charge in [-0.3, -0.25) is 4.98 Å². The first-order valence-electron chi connectivity index (χ1n) is 3.93. The average molecular weight is 259 g/mol. The van der Waals surface area contributed by atoms with Crippen LogP contribution in [0.15, 0.2) is 6.20 Å². The number of carboxylic acid groups (broad SMARTS) is 1. The minimum atomic E-state index is -5.24. The van der Waals surface area contributed by atoms with E-state index >= 15 is 0 Å². The Labute approximate surface area is 89.7 Å². The Morgan fingerprint density at radius 2 is 1.88 bits per heavy atom. The van der Waals surface area contributed by atoms with Crippen LogP contribution in [0.5, 0.6) is 0 Å². The van der Waals surface area contributed by atoms with Crippen LogP contribution in [0.4, 0.5) is 26.3 Å². The highest BCUT2D eigenvalue weighted by molar-refractivity contribution is 5.89. The molecule has 0 amide bonds. The lowest BCUT2D eigenvalue weighted by atomic mass is 10.1. The number of aromatic carboxylic acids is 1. The van der Waals surface area contributed by atoms with Gasteiger partial charge in [-0.15, -0.1) is 0 Å². The SMILES string of the molecule is O=C(O)c1c(C(F)(F)F)ncc(C(F)F)c1F. The fraction of sp³-hybridized carbons (Fsp3) is 0.250. The third kappa shape index (κ3) is 2.48. The summed E-state index contributed by atoms with van der Waals surface area (Å²) in [6.45, 7) is 0. The number of rotatable bonds is 2. The molecule has 0 aliphatic carbocycles. The second-order valence-electron chi connectivity index (χ2n) is 2.85. The number of carbonyl (C=O) groups is 1. The van der Waals surface area contributed by atoms with E-state index in [1.54, 1.807) is 0 Å². The van der Waals surface area contributed by atoms with E-state index in [4.69, 9.17) is 5.11 Å². The zero-order valence-electron chi connectivity index (χ0n) is 7.73. The molecule has 0 radical (unpaired) electrons. The third-order valence-corrected chi connectivity index (χ3v) is 1.76. The van der Waals surface area contributed by atoms with E-state index in [-0.39, 0.29) is 6.20 Å². The summed E-state index contributed by atoms with van der Waals surface area (Å²) in [7, 11) is 0. The van der Waals surface area contributed by atoms with Crippen LogP contribution in [-0.4, -0.2) is 16.1 Å². The average Bonchev–Trinajstić information content (AvgIpc) is 2.14. The molecule has 0 saturated carbocycles. The lowest BCUT2D eigenvalue weighted by Gasteiger charge is -2.11. The van der Waals surface area contributed by atoms with E-state index in [9.17, 15) is 31.1 Å². The highest BCUT2D eigenvalue weighted by Crippen LogP contribution is 2.34. The molecule has 0 saturated heterocycles. The molecule has 3 nitrogen and oxygen atoms in total. The fourth-order valence-electron chi connectivity index (χ4n) is 1.07. The van der Waals surface area contributed by atoms with Gasteiger partial charge >= 0.3 is 12.1 Å². The number of carboxylic acids is 1. The van der Waals surface area contributed by atoms with Gasteiger partial charge in [0.05, 0.1) is 5.56 Å². The second kappa shape index (κ2) is 4.22. The maximum absolute atomic E-state index is 13.2. The number of pyridine rings is 1. The Kier molecular flexibility index (Phi) is 3.30. The van der Waals surface area contributed by atoms with E-state index in [1.807, 2.05) is 0 Å². The molecule has 1 heterocycles. The molecule has 1 rings (SSSR count). The van der Waals surface area contributed by atoms with E-state index in [0.717, 1.165) is 0 Å². The van der Waals surface area contributed by atoms with E-state index in [2.05, 4.69) is 4.98 Å². The van der Waals surface area contributed by atoms with Crippen LogP contribution in [0.3, 0.4) is 0 Å². The minimum absolute atomic E-state index is 0.0325. The van der Waals surface area contributed by atoms with Crippen molar-refractivity contribution < 1.29 is 36.2 Å². The van der Waals surface area contributed by atoms with Crippen molar-refractivity contribution in [2.75, 3.05) is 0 Å². The zero-order valence-corrected chi connectivity index (χ0v) is 7.73. The normalized spacial score (nSPS) is 11.9. The van der Waals surface area contributed by atoms with Gasteiger partial charge in [-0.2, -0.15) is 13.2 Å². The van der Waals surface area contributed by atoms with Crippen molar-refractivity contribution in [2.45, 2.75) is 12.6 Å². The lowest BCUT2D eigenvalue weighted by Crippen LogP contribution is -2.18. The van der Waals surface area contributed by atoms with Gasteiger partial charge in [-0.25, -0.2) is 18.0 Å². The van der Waals surface area contributed by atoms with Crippen LogP contribution in [0.25, 0.3) is 0 Å². The van der Waals surface area contributed by atoms with Crippen molar-refractivity contribution in [3.8, 4) is 0 Å². The molecule has 1 aromatic heterocycles. The standard InChI is InChI=1S/C8H3F6NO2/c9-4-2(6(10)11)1-15-5(8(12,13)14)3(4)7(16)17/h1,6H,(H,16,17). The van der Waals surface area contributed by atoms with Gasteiger partial charge in [0.15, 0.2) is 5.69 Å². The Morgan fingerprint density at radius 1 is 1.35 bits per heavy atom. The molecule has 0 spiro atoms. The topological polar surface area (TPSA) is 50.2 Å². The van der Waals surface area contributed by atoms with Crippen molar-refractivity contribution in [3.63, 3.8) is 0 Å². The largest absolute Gasteiger partial charge is 0.478 e. The number of halogens is 6. The maximum atomic E-state index is 13.2. The second-order valence-corrected chi connectivity index (χ2v) is 2.85. The lowest BCUT2D eigenvalue weighted by molar-refractivity contribution is -0.142. The Hall–Kier alpha value is -1.80. The highest BCUT2D eigenvalue weighted by Gasteiger charge is 2.40. The summed E-state index contributed by atoms with van der Waals surface area (Å²) in [5.41, 5.74) is -5.45. The van der Waals surface area contributed by atoms with Gasteiger partial charge in [-0.05, 0) is 0 Å². The maximum Gasteiger partial charge on any atom is 0.434 e. The summed E-state index contributed by atoms with van der Waals surface area (Å²) < 4.78 is 74.2. The van der Waals surface area contributed by atoms with Crippen molar-refractivity contribution in [1.82, 2.24) is 4.98 Å². The molecule has 0 aliphatic heterocycles. The first kappa shape index (κ1) is 13.3. The van der Waals surface area contributed by atoms with Gasteiger partial charge in [-0.1, -0.05) is 0 Å². The summed E-state index contributed by atoms with van der Waals surface area (Å²) in [5, 5.41) is 8.39. The van der Waals surface area contributed by atoms with Gasteiger partial charge in [0, 0.05) is 6.20 Å². The molecule has 1 N–H and O–H groups in total. The van der Waals surface area contributed by atoms with Crippen LogP contribution in [-0.2, 0) is 6.18 Å². The van der Waals surface area contributed by atoms with Crippen LogP contribution in [0.1, 0.15) is 28.0 Å². The molecule has 0 atom stereocenters. The smallest absolute Gasteiger partial charge is 0.434 e. The van der Waals surface area contributed by atoms with E-state index in [0.29, 0.717) is 0 Å². The summed E-state index contributed by atoms with van der Waals surface area (Å²) in [6.07, 6.45) is -8.73. The van der Waals surface area contributed by atoms with Crippen LogP contribution in [0.2, 0.25) is 0 Å². The molecule has 17 heavy (non-hydrogen) atoms. The van der Waals surface area contributed by atoms with Crippen molar-refractivity contribution in [2.24, 2.45) is 0 Å². The Morgan fingerprint density at radius 3 is 2.24 bits per heavy atom. The number of hydrogen-bond donors (Lipinski definition) is 1. The molecule has 0 unspecified atom stereocenters. The van der Waals surface area contributed by atoms with Gasteiger partial charge in [0.2, 0.25) is 0 Å². The Balaban J connectivity index is 3.57. The van der Waals surface area contributed by atoms with Crippen LogP contribution in [0, 0.1) is 5.82 Å². The fourth-order valence-corrected chi connectivity index (χ4v) is 1.07. The molecule has 94 valence electrons. The van der Waals surface area contributed by atoms with Crippen molar-refractivity contribution in [1.29, 1.82) is 0 Å². The third-order valence-electron chi connectivity index (χ3n) is 1.76. The predicted octanol–water partition coefficient (Wildman–Crippen LogP) is 2.88. The Bertz CT molecular complexity index is 456. The first-order chi connectivity index (χ1) is 7.66. The number of aromatic nitrogens is 1. The molecule has 1 aromatic rings. The minimum Gasteiger partial charge on any atom is -0.478 e. The first-order valence-corrected chi connectivity index (χ1v) is 3.93. The molecular formula is C8H3F6NO2. The molecular weight excluding hydrogens is 256 g/mol. The van der Waals surface area contributed by atoms with Gasteiger partial charge < -0.3 is 5.11 Å². The van der Waals surface area contributed by atoms with Crippen LogP contribution >= 0.6 is 0 Å². The van der Waals surface area contributed by atoms with E-state index < -0.39 is 41.2 Å². The van der Waals surface area contributed by atoms with Crippen LogP contribution < -0.4 is 0 Å². The van der Waals surface area contributed by atoms with Crippen molar-refractivity contribution in [3.05, 3.63) is 28.8 Å². The summed E-state index contributed by atoms with van der Waals surface area (Å²) >= 11 is 0. The quantitative estimate of drug-likeness (QED) is 0.831. The molecule has 0 bridgehead atoms. The monoisotopic (exact) mass is 259 g/mol.